The van der Waals surface area contributed by atoms with Crippen LogP contribution in [0.2, 0.25) is 0 Å². The molecule has 0 atom stereocenters. The highest BCUT2D eigenvalue weighted by molar-refractivity contribution is 5.83. The zero-order valence-electron chi connectivity index (χ0n) is 4.87. The molecule has 0 aromatic heterocycles. The second-order valence-electron chi connectivity index (χ2n) is 1.39. The van der Waals surface area contributed by atoms with Crippen molar-refractivity contribution in [3.05, 3.63) is 0 Å². The summed E-state index contributed by atoms with van der Waals surface area (Å²) in [7, 11) is 0. The zero-order valence-corrected chi connectivity index (χ0v) is 4.87. The molecular weight excluding hydrogens is 126 g/mol. The molecule has 52 valence electrons. The molecule has 0 fully saturated rings. The summed E-state index contributed by atoms with van der Waals surface area (Å²) in [5.74, 6) is 0. The first-order valence-corrected chi connectivity index (χ1v) is 2.20. The molecule has 0 aliphatic heterocycles. The Hall–Kier alpha value is -1.26. The molecule has 0 heterocycles. The Kier molecular flexibility index (Phi) is 3.19. The fourth-order valence-electron chi connectivity index (χ4n) is 0.195. The number of ether oxygens (including phenoxy) is 1. The summed E-state index contributed by atoms with van der Waals surface area (Å²) in [6.45, 7) is 1.26. The lowest BCUT2D eigenvalue weighted by molar-refractivity contribution is 0.104. The van der Waals surface area contributed by atoms with E-state index < -0.39 is 6.16 Å². The lowest BCUT2D eigenvalue weighted by Crippen LogP contribution is -2.08. The van der Waals surface area contributed by atoms with Gasteiger partial charge in [-0.15, -0.1) is 0 Å². The lowest BCUT2D eigenvalue weighted by atomic mass is 10.5. The van der Waals surface area contributed by atoms with Gasteiger partial charge in [0.2, 0.25) is 0 Å². The molecule has 0 aromatic carbocycles. The minimum absolute atomic E-state index is 0.189. The molecule has 0 saturated heterocycles. The summed E-state index contributed by atoms with van der Waals surface area (Å²) >= 11 is 0. The Labute approximate surface area is 51.5 Å². The molecule has 0 unspecified atom stereocenters. The van der Waals surface area contributed by atoms with E-state index in [2.05, 4.69) is 9.89 Å². The van der Waals surface area contributed by atoms with Crippen LogP contribution in [0.5, 0.6) is 0 Å². The van der Waals surface area contributed by atoms with Crippen molar-refractivity contribution in [1.82, 2.24) is 0 Å². The normalized spacial score (nSPS) is 11.0. The molecule has 0 aromatic rings. The molecule has 2 N–H and O–H groups in total. The van der Waals surface area contributed by atoms with Crippen molar-refractivity contribution < 1.29 is 19.8 Å². The Morgan fingerprint density at radius 1 is 1.78 bits per heavy atom. The van der Waals surface area contributed by atoms with E-state index in [1.807, 2.05) is 0 Å². The molecule has 0 bridgehead atoms. The van der Waals surface area contributed by atoms with Gasteiger partial charge in [-0.3, -0.25) is 0 Å². The summed E-state index contributed by atoms with van der Waals surface area (Å²) in [6.07, 6.45) is -1.38. The monoisotopic (exact) mass is 133 g/mol. The molecule has 0 aliphatic carbocycles. The lowest BCUT2D eigenvalue weighted by Gasteiger charge is -1.95. The second-order valence-corrected chi connectivity index (χ2v) is 1.39. The van der Waals surface area contributed by atoms with Gasteiger partial charge in [-0.2, -0.15) is 0 Å². The first-order chi connectivity index (χ1) is 4.16. The fraction of sp³-hybridized carbons (Fsp3) is 0.500. The molecule has 0 saturated carbocycles. The molecule has 0 spiro atoms. The van der Waals surface area contributed by atoms with Crippen LogP contribution in [0.4, 0.5) is 4.79 Å². The molecule has 0 aliphatic rings. The van der Waals surface area contributed by atoms with Crippen molar-refractivity contribution in [1.29, 1.82) is 0 Å². The van der Waals surface area contributed by atoms with Gasteiger partial charge in [0.15, 0.2) is 0 Å². The van der Waals surface area contributed by atoms with E-state index in [0.29, 0.717) is 0 Å². The van der Waals surface area contributed by atoms with E-state index in [0.717, 1.165) is 0 Å². The van der Waals surface area contributed by atoms with Gasteiger partial charge in [0.1, 0.15) is 6.61 Å². The molecular formula is C4H7NO4. The maximum atomic E-state index is 9.66. The number of hydrogen-bond acceptors (Lipinski definition) is 4. The van der Waals surface area contributed by atoms with Gasteiger partial charge < -0.3 is 15.1 Å². The van der Waals surface area contributed by atoms with Crippen molar-refractivity contribution in [2.45, 2.75) is 6.92 Å². The van der Waals surface area contributed by atoms with Gasteiger partial charge >= 0.3 is 6.16 Å². The van der Waals surface area contributed by atoms with Gasteiger partial charge in [-0.25, -0.2) is 4.79 Å². The first-order valence-electron chi connectivity index (χ1n) is 2.20. The van der Waals surface area contributed by atoms with Crippen LogP contribution in [0.15, 0.2) is 5.16 Å². The number of hydrogen-bond donors (Lipinski definition) is 2. The van der Waals surface area contributed by atoms with Gasteiger partial charge in [-0.05, 0) is 6.92 Å². The van der Waals surface area contributed by atoms with Crippen LogP contribution in [0.3, 0.4) is 0 Å². The fourth-order valence-corrected chi connectivity index (χ4v) is 0.195. The predicted octanol–water partition coefficient (Wildman–Crippen LogP) is 0.531. The third kappa shape index (κ3) is 4.60. The molecule has 5 heteroatoms. The van der Waals surface area contributed by atoms with E-state index >= 15 is 0 Å². The quantitative estimate of drug-likeness (QED) is 0.249. The minimum atomic E-state index is -1.38. The topological polar surface area (TPSA) is 79.1 Å². The van der Waals surface area contributed by atoms with E-state index in [1.165, 1.54) is 6.92 Å². The summed E-state index contributed by atoms with van der Waals surface area (Å²) < 4.78 is 4.02. The van der Waals surface area contributed by atoms with Crippen molar-refractivity contribution in [3.63, 3.8) is 0 Å². The highest BCUT2D eigenvalue weighted by Crippen LogP contribution is 1.79. The summed E-state index contributed by atoms with van der Waals surface area (Å²) in [5.41, 5.74) is 0.220. The second kappa shape index (κ2) is 3.71. The van der Waals surface area contributed by atoms with E-state index in [-0.39, 0.29) is 12.3 Å². The van der Waals surface area contributed by atoms with Gasteiger partial charge in [0, 0.05) is 0 Å². The number of oxime groups is 1. The smallest absolute Gasteiger partial charge is 0.450 e. The van der Waals surface area contributed by atoms with Crippen LogP contribution in [0.25, 0.3) is 0 Å². The summed E-state index contributed by atoms with van der Waals surface area (Å²) in [6, 6.07) is 0. The SMILES string of the molecule is CC(COC(=O)O)=NO. The van der Waals surface area contributed by atoms with Gasteiger partial charge in [-0.1, -0.05) is 5.16 Å². The molecule has 0 rings (SSSR count). The summed E-state index contributed by atoms with van der Waals surface area (Å²) in [4.78, 5) is 9.66. The number of rotatable bonds is 2. The van der Waals surface area contributed by atoms with E-state index in [1.54, 1.807) is 0 Å². The Morgan fingerprint density at radius 2 is 2.33 bits per heavy atom. The average molecular weight is 133 g/mol. The zero-order chi connectivity index (χ0) is 7.28. The van der Waals surface area contributed by atoms with Crippen LogP contribution >= 0.6 is 0 Å². The number of carboxylic acid groups (broad SMARTS) is 1. The van der Waals surface area contributed by atoms with Crippen molar-refractivity contribution in [2.75, 3.05) is 6.61 Å². The summed E-state index contributed by atoms with van der Waals surface area (Å²) in [5, 5.41) is 18.6. The maximum absolute atomic E-state index is 9.66. The van der Waals surface area contributed by atoms with Gasteiger partial charge in [0.25, 0.3) is 0 Å². The molecule has 0 amide bonds. The third-order valence-corrected chi connectivity index (χ3v) is 0.575. The predicted molar refractivity (Wildman–Crippen MR) is 28.9 cm³/mol. The van der Waals surface area contributed by atoms with Crippen molar-refractivity contribution in [2.24, 2.45) is 5.16 Å². The Balaban J connectivity index is 3.39. The minimum Gasteiger partial charge on any atom is -0.450 e. The average Bonchev–Trinajstić information content (AvgIpc) is 1.83. The first kappa shape index (κ1) is 7.74. The Morgan fingerprint density at radius 3 is 2.67 bits per heavy atom. The Bertz CT molecular complexity index is 131. The molecule has 5 nitrogen and oxygen atoms in total. The van der Waals surface area contributed by atoms with Crippen LogP contribution in [-0.2, 0) is 4.74 Å². The standard InChI is InChI=1S/C4H7NO4/c1-3(5-8)2-9-4(6)7/h8H,2H2,1H3,(H,6,7). The highest BCUT2D eigenvalue weighted by Gasteiger charge is 1.96. The third-order valence-electron chi connectivity index (χ3n) is 0.575. The van der Waals surface area contributed by atoms with Crippen LogP contribution in [0.1, 0.15) is 6.92 Å². The van der Waals surface area contributed by atoms with Crippen LogP contribution < -0.4 is 0 Å². The number of carbonyl (C=O) groups is 1. The number of nitrogens with zero attached hydrogens (tertiary/aromatic N) is 1. The van der Waals surface area contributed by atoms with Crippen molar-refractivity contribution in [3.8, 4) is 0 Å². The van der Waals surface area contributed by atoms with Crippen LogP contribution in [-0.4, -0.2) is 28.8 Å². The van der Waals surface area contributed by atoms with Gasteiger partial charge in [0.05, 0.1) is 5.71 Å². The highest BCUT2D eigenvalue weighted by atomic mass is 16.7. The molecule has 0 radical (unpaired) electrons. The van der Waals surface area contributed by atoms with E-state index in [4.69, 9.17) is 10.3 Å². The molecule has 9 heavy (non-hydrogen) atoms. The van der Waals surface area contributed by atoms with Crippen LogP contribution in [0, 0.1) is 0 Å². The van der Waals surface area contributed by atoms with E-state index in [9.17, 15) is 4.79 Å². The largest absolute Gasteiger partial charge is 0.506 e. The van der Waals surface area contributed by atoms with Crippen molar-refractivity contribution >= 4 is 11.9 Å². The maximum Gasteiger partial charge on any atom is 0.506 e.